The van der Waals surface area contributed by atoms with Gasteiger partial charge >= 0.3 is 0 Å². The second-order valence-electron chi connectivity index (χ2n) is 3.57. The van der Waals surface area contributed by atoms with Crippen LogP contribution < -0.4 is 10.5 Å². The van der Waals surface area contributed by atoms with E-state index in [1.165, 1.54) is 12.5 Å². The topological polar surface area (TPSA) is 90.0 Å². The highest BCUT2D eigenvalue weighted by Crippen LogP contribution is 2.20. The van der Waals surface area contributed by atoms with Crippen LogP contribution in [0.1, 0.15) is 0 Å². The molecule has 7 heteroatoms. The molecule has 17 heavy (non-hydrogen) atoms. The van der Waals surface area contributed by atoms with E-state index >= 15 is 0 Å². The van der Waals surface area contributed by atoms with Crippen molar-refractivity contribution in [2.24, 2.45) is 7.05 Å². The molecule has 0 atom stereocenters. The summed E-state index contributed by atoms with van der Waals surface area (Å²) in [6, 6.07) is 6.65. The number of para-hydroxylation sites is 2. The van der Waals surface area contributed by atoms with Crippen molar-refractivity contribution in [3.63, 3.8) is 0 Å². The van der Waals surface area contributed by atoms with Gasteiger partial charge in [0, 0.05) is 13.2 Å². The van der Waals surface area contributed by atoms with Gasteiger partial charge in [-0.2, -0.15) is 8.42 Å². The van der Waals surface area contributed by atoms with Crippen molar-refractivity contribution in [2.45, 2.75) is 5.03 Å². The Hall–Kier alpha value is -2.02. The average molecular weight is 252 g/mol. The molecule has 0 amide bonds. The second-order valence-corrected chi connectivity index (χ2v) is 5.20. The number of rotatable bonds is 3. The first kappa shape index (κ1) is 11.5. The number of hydrogen-bond donors (Lipinski definition) is 2. The van der Waals surface area contributed by atoms with Crippen molar-refractivity contribution in [3.05, 3.63) is 36.8 Å². The zero-order valence-electron chi connectivity index (χ0n) is 9.16. The summed E-state index contributed by atoms with van der Waals surface area (Å²) in [5.41, 5.74) is 6.37. The van der Waals surface area contributed by atoms with Crippen LogP contribution in [0.15, 0.2) is 41.8 Å². The summed E-state index contributed by atoms with van der Waals surface area (Å²) < 4.78 is 27.8. The van der Waals surface area contributed by atoms with E-state index in [2.05, 4.69) is 9.71 Å². The fourth-order valence-electron chi connectivity index (χ4n) is 1.31. The summed E-state index contributed by atoms with van der Waals surface area (Å²) in [6.45, 7) is 0. The number of aromatic nitrogens is 2. The number of imidazole rings is 1. The monoisotopic (exact) mass is 252 g/mol. The lowest BCUT2D eigenvalue weighted by Crippen LogP contribution is -2.14. The fraction of sp³-hybridized carbons (Fsp3) is 0.100. The summed E-state index contributed by atoms with van der Waals surface area (Å²) in [6.07, 6.45) is 2.84. The predicted octanol–water partition coefficient (Wildman–Crippen LogP) is 0.803. The molecule has 6 nitrogen and oxygen atoms in total. The molecule has 0 bridgehead atoms. The van der Waals surface area contributed by atoms with Crippen molar-refractivity contribution in [3.8, 4) is 0 Å². The highest BCUT2D eigenvalue weighted by atomic mass is 32.2. The number of anilines is 2. The Morgan fingerprint density at radius 3 is 2.65 bits per heavy atom. The van der Waals surface area contributed by atoms with Gasteiger partial charge in [-0.3, -0.25) is 4.72 Å². The third kappa shape index (κ3) is 2.39. The van der Waals surface area contributed by atoms with Crippen LogP contribution in [0.5, 0.6) is 0 Å². The third-order valence-electron chi connectivity index (χ3n) is 2.16. The second kappa shape index (κ2) is 4.10. The van der Waals surface area contributed by atoms with Gasteiger partial charge in [-0.15, -0.1) is 0 Å². The molecule has 1 heterocycles. The molecule has 3 N–H and O–H groups in total. The van der Waals surface area contributed by atoms with Gasteiger partial charge in [0.1, 0.15) is 0 Å². The Morgan fingerprint density at radius 2 is 2.06 bits per heavy atom. The molecule has 1 aromatic heterocycles. The molecule has 1 aromatic carbocycles. The minimum absolute atomic E-state index is 0.0387. The Balaban J connectivity index is 2.33. The first-order valence-corrected chi connectivity index (χ1v) is 6.32. The zero-order chi connectivity index (χ0) is 12.5. The van der Waals surface area contributed by atoms with E-state index < -0.39 is 10.0 Å². The molecule has 0 radical (unpaired) electrons. The van der Waals surface area contributed by atoms with Gasteiger partial charge in [-0.1, -0.05) is 12.1 Å². The molecule has 0 fully saturated rings. The molecule has 0 aliphatic carbocycles. The van der Waals surface area contributed by atoms with Gasteiger partial charge in [0.15, 0.2) is 5.03 Å². The Morgan fingerprint density at radius 1 is 1.35 bits per heavy atom. The lowest BCUT2D eigenvalue weighted by Gasteiger charge is -2.07. The standard InChI is InChI=1S/C10H12N4O2S/c1-14-6-10(12-7-14)17(15,16)13-9-5-3-2-4-8(9)11/h2-7,13H,11H2,1H3. The van der Waals surface area contributed by atoms with Crippen LogP contribution in [0.4, 0.5) is 11.4 Å². The van der Waals surface area contributed by atoms with E-state index in [1.807, 2.05) is 0 Å². The Bertz CT molecular complexity index is 633. The highest BCUT2D eigenvalue weighted by Gasteiger charge is 2.17. The van der Waals surface area contributed by atoms with Crippen LogP contribution in [-0.2, 0) is 17.1 Å². The van der Waals surface area contributed by atoms with E-state index in [0.29, 0.717) is 11.4 Å². The van der Waals surface area contributed by atoms with Crippen LogP contribution in [0, 0.1) is 0 Å². The fourth-order valence-corrected chi connectivity index (χ4v) is 2.39. The summed E-state index contributed by atoms with van der Waals surface area (Å²) in [5, 5.41) is -0.0387. The largest absolute Gasteiger partial charge is 0.397 e. The van der Waals surface area contributed by atoms with Gasteiger partial charge in [0.25, 0.3) is 10.0 Å². The van der Waals surface area contributed by atoms with Crippen LogP contribution in [0.3, 0.4) is 0 Å². The molecule has 2 rings (SSSR count). The molecule has 0 unspecified atom stereocenters. The molecule has 90 valence electrons. The maximum atomic E-state index is 11.9. The molecule has 0 aliphatic heterocycles. The van der Waals surface area contributed by atoms with E-state index in [0.717, 1.165) is 0 Å². The SMILES string of the molecule is Cn1cnc(S(=O)(=O)Nc2ccccc2N)c1. The van der Waals surface area contributed by atoms with Crippen LogP contribution >= 0.6 is 0 Å². The van der Waals surface area contributed by atoms with Crippen LogP contribution in [-0.4, -0.2) is 18.0 Å². The molecule has 0 saturated carbocycles. The van der Waals surface area contributed by atoms with Crippen molar-refractivity contribution in [1.29, 1.82) is 0 Å². The molecular weight excluding hydrogens is 240 g/mol. The first-order chi connectivity index (χ1) is 7.99. The predicted molar refractivity (Wildman–Crippen MR) is 64.9 cm³/mol. The van der Waals surface area contributed by atoms with Crippen molar-refractivity contribution < 1.29 is 8.42 Å². The van der Waals surface area contributed by atoms with Crippen LogP contribution in [0.2, 0.25) is 0 Å². The maximum absolute atomic E-state index is 11.9. The molecule has 0 aliphatic rings. The number of aryl methyl sites for hydroxylation is 1. The van der Waals surface area contributed by atoms with Gasteiger partial charge in [-0.25, -0.2) is 4.98 Å². The summed E-state index contributed by atoms with van der Waals surface area (Å²) >= 11 is 0. The van der Waals surface area contributed by atoms with Crippen LogP contribution in [0.25, 0.3) is 0 Å². The lowest BCUT2D eigenvalue weighted by molar-refractivity contribution is 0.598. The molecule has 0 saturated heterocycles. The van der Waals surface area contributed by atoms with Gasteiger partial charge in [0.05, 0.1) is 17.7 Å². The first-order valence-electron chi connectivity index (χ1n) is 4.84. The van der Waals surface area contributed by atoms with E-state index in [4.69, 9.17) is 5.73 Å². The van der Waals surface area contributed by atoms with Gasteiger partial charge < -0.3 is 10.3 Å². The number of nitrogen functional groups attached to an aromatic ring is 1. The Kier molecular flexibility index (Phi) is 2.76. The Labute approximate surface area is 99.1 Å². The molecule has 2 aromatic rings. The number of benzene rings is 1. The summed E-state index contributed by atoms with van der Waals surface area (Å²) in [4.78, 5) is 3.78. The van der Waals surface area contributed by atoms with E-state index in [-0.39, 0.29) is 5.03 Å². The van der Waals surface area contributed by atoms with Crippen molar-refractivity contribution in [1.82, 2.24) is 9.55 Å². The number of nitrogens with one attached hydrogen (secondary N) is 1. The highest BCUT2D eigenvalue weighted by molar-refractivity contribution is 7.92. The minimum atomic E-state index is -3.68. The lowest BCUT2D eigenvalue weighted by atomic mass is 10.3. The number of hydrogen-bond acceptors (Lipinski definition) is 4. The number of nitrogens with two attached hydrogens (primary N) is 1. The normalized spacial score (nSPS) is 11.4. The third-order valence-corrected chi connectivity index (χ3v) is 3.41. The van der Waals surface area contributed by atoms with E-state index in [1.54, 1.807) is 35.9 Å². The molecule has 0 spiro atoms. The zero-order valence-corrected chi connectivity index (χ0v) is 9.98. The van der Waals surface area contributed by atoms with Gasteiger partial charge in [-0.05, 0) is 12.1 Å². The number of nitrogens with zero attached hydrogens (tertiary/aromatic N) is 2. The van der Waals surface area contributed by atoms with E-state index in [9.17, 15) is 8.42 Å². The van der Waals surface area contributed by atoms with Gasteiger partial charge in [0.2, 0.25) is 0 Å². The smallest absolute Gasteiger partial charge is 0.281 e. The average Bonchev–Trinajstić information content (AvgIpc) is 2.69. The summed E-state index contributed by atoms with van der Waals surface area (Å²) in [7, 11) is -1.98. The van der Waals surface area contributed by atoms with Crippen molar-refractivity contribution >= 4 is 21.4 Å². The summed E-state index contributed by atoms with van der Waals surface area (Å²) in [5.74, 6) is 0. The quantitative estimate of drug-likeness (QED) is 0.791. The number of sulfonamides is 1. The molecular formula is C10H12N4O2S. The maximum Gasteiger partial charge on any atom is 0.281 e. The minimum Gasteiger partial charge on any atom is -0.397 e. The van der Waals surface area contributed by atoms with Crippen molar-refractivity contribution in [2.75, 3.05) is 10.5 Å².